The molecular formula is C19H23Cl2N3OS2. The molecule has 0 N–H and O–H groups in total. The van der Waals surface area contributed by atoms with Gasteiger partial charge in [0.1, 0.15) is 0 Å². The predicted molar refractivity (Wildman–Crippen MR) is 120 cm³/mol. The molecule has 0 aliphatic rings. The number of amides is 1. The van der Waals surface area contributed by atoms with Crippen LogP contribution in [0.4, 0.5) is 5.13 Å². The molecule has 3 rings (SSSR count). The molecule has 0 aliphatic carbocycles. The zero-order valence-electron chi connectivity index (χ0n) is 15.4. The van der Waals surface area contributed by atoms with Gasteiger partial charge in [0.05, 0.1) is 16.6 Å². The molecule has 4 nitrogen and oxygen atoms in total. The molecule has 2 heterocycles. The van der Waals surface area contributed by atoms with Gasteiger partial charge in [-0.25, -0.2) is 4.98 Å². The number of fused-ring (bicyclic) bond motifs is 1. The Morgan fingerprint density at radius 2 is 1.96 bits per heavy atom. The van der Waals surface area contributed by atoms with Crippen molar-refractivity contribution in [3.8, 4) is 0 Å². The quantitative estimate of drug-likeness (QED) is 0.470. The molecule has 0 saturated carbocycles. The highest BCUT2D eigenvalue weighted by Crippen LogP contribution is 2.31. The van der Waals surface area contributed by atoms with E-state index in [-0.39, 0.29) is 18.3 Å². The number of thiophene rings is 1. The second-order valence-electron chi connectivity index (χ2n) is 5.94. The van der Waals surface area contributed by atoms with Crippen LogP contribution >= 0.6 is 46.7 Å². The Balaban J connectivity index is 0.00000261. The fraction of sp³-hybridized carbons (Fsp3) is 0.368. The van der Waals surface area contributed by atoms with Crippen LogP contribution in [0.25, 0.3) is 10.2 Å². The first-order valence-corrected chi connectivity index (χ1v) is 10.8. The molecule has 8 heteroatoms. The third-order valence-corrected chi connectivity index (χ3v) is 6.46. The van der Waals surface area contributed by atoms with Crippen LogP contribution in [0.5, 0.6) is 0 Å². The molecule has 146 valence electrons. The Kier molecular flexibility index (Phi) is 8.51. The lowest BCUT2D eigenvalue weighted by atomic mass is 10.3. The number of anilines is 1. The number of carbonyl (C=O) groups is 1. The Bertz CT molecular complexity index is 863. The van der Waals surface area contributed by atoms with Crippen molar-refractivity contribution in [2.24, 2.45) is 0 Å². The van der Waals surface area contributed by atoms with E-state index >= 15 is 0 Å². The largest absolute Gasteiger partial charge is 0.302 e. The van der Waals surface area contributed by atoms with Gasteiger partial charge < -0.3 is 4.90 Å². The average molecular weight is 444 g/mol. The predicted octanol–water partition coefficient (Wildman–Crippen LogP) is 5.35. The van der Waals surface area contributed by atoms with Gasteiger partial charge in [0.15, 0.2) is 5.13 Å². The summed E-state index contributed by atoms with van der Waals surface area (Å²) in [5.41, 5.74) is 0.881. The van der Waals surface area contributed by atoms with Crippen molar-refractivity contribution in [2.45, 2.75) is 20.3 Å². The van der Waals surface area contributed by atoms with E-state index in [0.717, 1.165) is 39.9 Å². The van der Waals surface area contributed by atoms with Gasteiger partial charge in [-0.2, -0.15) is 0 Å². The molecule has 3 aromatic rings. The highest BCUT2D eigenvalue weighted by atomic mass is 35.5. The van der Waals surface area contributed by atoms with E-state index in [1.807, 2.05) is 40.6 Å². The fourth-order valence-corrected chi connectivity index (χ4v) is 4.75. The summed E-state index contributed by atoms with van der Waals surface area (Å²) in [7, 11) is 0. The van der Waals surface area contributed by atoms with Crippen LogP contribution in [0.2, 0.25) is 5.02 Å². The number of halogens is 2. The molecular weight excluding hydrogens is 421 g/mol. The first-order valence-electron chi connectivity index (χ1n) is 8.72. The Hall–Kier alpha value is -1.18. The lowest BCUT2D eigenvalue weighted by Gasteiger charge is -2.24. The van der Waals surface area contributed by atoms with Gasteiger partial charge >= 0.3 is 0 Å². The maximum absolute atomic E-state index is 13.0. The van der Waals surface area contributed by atoms with Crippen LogP contribution in [0, 0.1) is 0 Å². The lowest BCUT2D eigenvalue weighted by Crippen LogP contribution is -2.39. The molecule has 1 amide bonds. The van der Waals surface area contributed by atoms with E-state index in [1.54, 1.807) is 11.3 Å². The SMILES string of the molecule is CCN(CC)CCN(C(=O)Cc1cccs1)c1nc2ccc(Cl)cc2s1.Cl. The Labute approximate surface area is 179 Å². The van der Waals surface area contributed by atoms with Crippen LogP contribution in [0.3, 0.4) is 0 Å². The average Bonchev–Trinajstić information content (AvgIpc) is 3.27. The molecule has 0 bridgehead atoms. The van der Waals surface area contributed by atoms with Crippen LogP contribution in [-0.4, -0.2) is 42.0 Å². The monoisotopic (exact) mass is 443 g/mol. The van der Waals surface area contributed by atoms with Gasteiger partial charge in [-0.05, 0) is 42.7 Å². The number of hydrogen-bond donors (Lipinski definition) is 0. The highest BCUT2D eigenvalue weighted by molar-refractivity contribution is 7.22. The number of likely N-dealkylation sites (N-methyl/N-ethyl adjacent to an activating group) is 1. The Morgan fingerprint density at radius 1 is 1.19 bits per heavy atom. The summed E-state index contributed by atoms with van der Waals surface area (Å²) in [6.07, 6.45) is 0.409. The number of thiazole rings is 1. The molecule has 27 heavy (non-hydrogen) atoms. The van der Waals surface area contributed by atoms with Crippen molar-refractivity contribution in [2.75, 3.05) is 31.1 Å². The molecule has 0 spiro atoms. The number of carbonyl (C=O) groups excluding carboxylic acids is 1. The zero-order valence-corrected chi connectivity index (χ0v) is 18.6. The summed E-state index contributed by atoms with van der Waals surface area (Å²) in [6.45, 7) is 7.69. The smallest absolute Gasteiger partial charge is 0.234 e. The molecule has 2 aromatic heterocycles. The standard InChI is InChI=1S/C19H22ClN3OS2.ClH/c1-3-22(4-2)9-10-23(18(24)13-15-6-5-11-25-15)19-21-16-8-7-14(20)12-17(16)26-19;/h5-8,11-12H,3-4,9-10,13H2,1-2H3;1H. The van der Waals surface area contributed by atoms with E-state index in [4.69, 9.17) is 11.6 Å². The first kappa shape index (κ1) is 22.1. The molecule has 0 fully saturated rings. The maximum Gasteiger partial charge on any atom is 0.234 e. The summed E-state index contributed by atoms with van der Waals surface area (Å²) in [5, 5.41) is 3.44. The van der Waals surface area contributed by atoms with Crippen molar-refractivity contribution in [3.63, 3.8) is 0 Å². The van der Waals surface area contributed by atoms with Crippen LogP contribution < -0.4 is 4.90 Å². The van der Waals surface area contributed by atoms with Crippen LogP contribution in [0.1, 0.15) is 18.7 Å². The minimum absolute atomic E-state index is 0. The Morgan fingerprint density at radius 3 is 2.63 bits per heavy atom. The molecule has 0 saturated heterocycles. The molecule has 0 unspecified atom stereocenters. The summed E-state index contributed by atoms with van der Waals surface area (Å²) in [6, 6.07) is 9.63. The third kappa shape index (κ3) is 5.65. The second-order valence-corrected chi connectivity index (χ2v) is 8.41. The van der Waals surface area contributed by atoms with Crippen molar-refractivity contribution in [1.29, 1.82) is 0 Å². The number of rotatable bonds is 8. The maximum atomic E-state index is 13.0. The van der Waals surface area contributed by atoms with Gasteiger partial charge in [0.25, 0.3) is 0 Å². The third-order valence-electron chi connectivity index (χ3n) is 4.31. The normalized spacial score (nSPS) is 11.0. The van der Waals surface area contributed by atoms with E-state index in [2.05, 4.69) is 23.7 Å². The van der Waals surface area contributed by atoms with Gasteiger partial charge in [0.2, 0.25) is 5.91 Å². The molecule has 0 aliphatic heterocycles. The van der Waals surface area contributed by atoms with Gasteiger partial charge in [0, 0.05) is 23.0 Å². The number of aromatic nitrogens is 1. The van der Waals surface area contributed by atoms with Gasteiger partial charge in [-0.3, -0.25) is 9.69 Å². The topological polar surface area (TPSA) is 36.4 Å². The van der Waals surface area contributed by atoms with Crippen LogP contribution in [0.15, 0.2) is 35.7 Å². The van der Waals surface area contributed by atoms with Crippen LogP contribution in [-0.2, 0) is 11.2 Å². The van der Waals surface area contributed by atoms with Gasteiger partial charge in [-0.1, -0.05) is 42.9 Å². The molecule has 1 aromatic carbocycles. The number of nitrogens with zero attached hydrogens (tertiary/aromatic N) is 3. The van der Waals surface area contributed by atoms with E-state index in [9.17, 15) is 4.79 Å². The van der Waals surface area contributed by atoms with E-state index in [1.165, 1.54) is 11.3 Å². The summed E-state index contributed by atoms with van der Waals surface area (Å²) >= 11 is 9.23. The summed E-state index contributed by atoms with van der Waals surface area (Å²) in [4.78, 5) is 22.9. The first-order chi connectivity index (χ1) is 12.6. The number of hydrogen-bond acceptors (Lipinski definition) is 5. The van der Waals surface area contributed by atoms with E-state index in [0.29, 0.717) is 18.0 Å². The zero-order chi connectivity index (χ0) is 18.5. The van der Waals surface area contributed by atoms with Crippen molar-refractivity contribution >= 4 is 67.9 Å². The summed E-state index contributed by atoms with van der Waals surface area (Å²) in [5.74, 6) is 0.0877. The van der Waals surface area contributed by atoms with Crippen molar-refractivity contribution < 1.29 is 4.79 Å². The number of benzene rings is 1. The minimum Gasteiger partial charge on any atom is -0.302 e. The minimum atomic E-state index is 0. The summed E-state index contributed by atoms with van der Waals surface area (Å²) < 4.78 is 1.00. The molecule has 0 radical (unpaired) electrons. The van der Waals surface area contributed by atoms with E-state index < -0.39 is 0 Å². The van der Waals surface area contributed by atoms with Gasteiger partial charge in [-0.15, -0.1) is 23.7 Å². The second kappa shape index (κ2) is 10.4. The lowest BCUT2D eigenvalue weighted by molar-refractivity contribution is -0.118. The molecule has 0 atom stereocenters. The highest BCUT2D eigenvalue weighted by Gasteiger charge is 2.21. The van der Waals surface area contributed by atoms with Crippen molar-refractivity contribution in [3.05, 3.63) is 45.6 Å². The fourth-order valence-electron chi connectivity index (χ4n) is 2.77. The van der Waals surface area contributed by atoms with Crippen molar-refractivity contribution in [1.82, 2.24) is 9.88 Å².